The molecule has 0 radical (unpaired) electrons. The monoisotopic (exact) mass is 229 g/mol. The summed E-state index contributed by atoms with van der Waals surface area (Å²) in [4.78, 5) is 0. The van der Waals surface area contributed by atoms with Crippen molar-refractivity contribution in [1.29, 1.82) is 0 Å². The number of hydrogen-bond donors (Lipinski definition) is 1. The lowest BCUT2D eigenvalue weighted by atomic mass is 9.99. The molecule has 0 unspecified atom stereocenters. The van der Waals surface area contributed by atoms with Crippen LogP contribution in [-0.2, 0) is 13.6 Å². The van der Waals surface area contributed by atoms with E-state index in [-0.39, 0.29) is 0 Å². The minimum absolute atomic E-state index is 0.895. The Morgan fingerprint density at radius 3 is 2.59 bits per heavy atom. The first-order valence-corrected chi connectivity index (χ1v) is 5.86. The van der Waals surface area contributed by atoms with E-state index >= 15 is 0 Å². The number of rotatable bonds is 3. The minimum Gasteiger partial charge on any atom is -0.316 e. The van der Waals surface area contributed by atoms with Gasteiger partial charge in [0.15, 0.2) is 0 Å². The van der Waals surface area contributed by atoms with E-state index in [0.717, 1.165) is 12.2 Å². The number of nitrogens with one attached hydrogen (secondary N) is 1. The molecule has 3 heteroatoms. The maximum absolute atomic E-state index is 4.41. The fraction of sp³-hybridized carbons (Fsp3) is 0.357. The second-order valence-corrected chi connectivity index (χ2v) is 4.48. The van der Waals surface area contributed by atoms with Crippen molar-refractivity contribution in [2.45, 2.75) is 20.4 Å². The van der Waals surface area contributed by atoms with Gasteiger partial charge in [-0.2, -0.15) is 5.10 Å². The quantitative estimate of drug-likeness (QED) is 0.876. The molecule has 17 heavy (non-hydrogen) atoms. The highest BCUT2D eigenvalue weighted by Crippen LogP contribution is 2.26. The van der Waals surface area contributed by atoms with Gasteiger partial charge in [0.2, 0.25) is 0 Å². The lowest BCUT2D eigenvalue weighted by molar-refractivity contribution is 0.756. The van der Waals surface area contributed by atoms with Gasteiger partial charge in [0, 0.05) is 25.4 Å². The molecule has 3 nitrogen and oxygen atoms in total. The Morgan fingerprint density at radius 2 is 2.00 bits per heavy atom. The van der Waals surface area contributed by atoms with Crippen LogP contribution >= 0.6 is 0 Å². The molecule has 0 bridgehead atoms. The van der Waals surface area contributed by atoms with Crippen molar-refractivity contribution in [1.82, 2.24) is 15.1 Å². The summed E-state index contributed by atoms with van der Waals surface area (Å²) >= 11 is 0. The van der Waals surface area contributed by atoms with Gasteiger partial charge in [0.25, 0.3) is 0 Å². The lowest BCUT2D eigenvalue weighted by Gasteiger charge is -2.08. The highest BCUT2D eigenvalue weighted by atomic mass is 15.2. The number of benzene rings is 1. The third kappa shape index (κ3) is 2.39. The van der Waals surface area contributed by atoms with Gasteiger partial charge in [-0.05, 0) is 43.7 Å². The Bertz CT molecular complexity index is 526. The molecule has 0 saturated carbocycles. The highest BCUT2D eigenvalue weighted by Gasteiger charge is 2.09. The molecule has 0 aliphatic heterocycles. The fourth-order valence-electron chi connectivity index (χ4n) is 2.14. The molecule has 0 spiro atoms. The third-order valence-corrected chi connectivity index (χ3v) is 2.99. The molecular weight excluding hydrogens is 210 g/mol. The molecule has 90 valence electrons. The summed E-state index contributed by atoms with van der Waals surface area (Å²) in [5.74, 6) is 0. The molecule has 0 aliphatic rings. The molecule has 0 saturated heterocycles. The van der Waals surface area contributed by atoms with Crippen molar-refractivity contribution in [2.24, 2.45) is 7.05 Å². The van der Waals surface area contributed by atoms with Crippen LogP contribution in [0.25, 0.3) is 11.1 Å². The topological polar surface area (TPSA) is 29.9 Å². The summed E-state index contributed by atoms with van der Waals surface area (Å²) in [6.45, 7) is 5.09. The maximum Gasteiger partial charge on any atom is 0.0672 e. The van der Waals surface area contributed by atoms with Gasteiger partial charge in [0.1, 0.15) is 0 Å². The summed E-state index contributed by atoms with van der Waals surface area (Å²) in [6, 6.07) is 6.59. The van der Waals surface area contributed by atoms with E-state index in [1.807, 2.05) is 18.8 Å². The molecule has 2 rings (SSSR count). The summed E-state index contributed by atoms with van der Waals surface area (Å²) in [5, 5.41) is 7.59. The second-order valence-electron chi connectivity index (χ2n) is 4.48. The minimum atomic E-state index is 0.895. The van der Waals surface area contributed by atoms with Gasteiger partial charge in [0.05, 0.1) is 5.69 Å². The molecule has 1 aromatic heterocycles. The number of nitrogens with zero attached hydrogens (tertiary/aromatic N) is 2. The largest absolute Gasteiger partial charge is 0.316 e. The Hall–Kier alpha value is -1.61. The van der Waals surface area contributed by atoms with Crippen LogP contribution in [0.5, 0.6) is 0 Å². The molecule has 1 aromatic carbocycles. The van der Waals surface area contributed by atoms with E-state index in [2.05, 4.69) is 48.7 Å². The van der Waals surface area contributed by atoms with E-state index in [1.165, 1.54) is 22.3 Å². The third-order valence-electron chi connectivity index (χ3n) is 2.99. The van der Waals surface area contributed by atoms with Gasteiger partial charge in [-0.1, -0.05) is 12.1 Å². The van der Waals surface area contributed by atoms with Crippen molar-refractivity contribution >= 4 is 0 Å². The number of hydrogen-bond acceptors (Lipinski definition) is 2. The number of aryl methyl sites for hydroxylation is 3. The van der Waals surface area contributed by atoms with Crippen LogP contribution < -0.4 is 5.32 Å². The molecule has 2 aromatic rings. The van der Waals surface area contributed by atoms with Crippen LogP contribution in [-0.4, -0.2) is 16.8 Å². The van der Waals surface area contributed by atoms with E-state index in [1.54, 1.807) is 0 Å². The van der Waals surface area contributed by atoms with Crippen molar-refractivity contribution < 1.29 is 0 Å². The molecule has 1 heterocycles. The molecular formula is C14H19N3. The Balaban J connectivity index is 2.50. The molecule has 0 fully saturated rings. The zero-order chi connectivity index (χ0) is 12.4. The van der Waals surface area contributed by atoms with Gasteiger partial charge in [-0.15, -0.1) is 0 Å². The van der Waals surface area contributed by atoms with Gasteiger partial charge in [-0.25, -0.2) is 0 Å². The fourth-order valence-corrected chi connectivity index (χ4v) is 2.14. The predicted octanol–water partition coefficient (Wildman–Crippen LogP) is 2.42. The lowest BCUT2D eigenvalue weighted by Crippen LogP contribution is -2.05. The van der Waals surface area contributed by atoms with E-state index < -0.39 is 0 Å². The molecule has 1 N–H and O–H groups in total. The molecule has 0 amide bonds. The van der Waals surface area contributed by atoms with Crippen LogP contribution in [0.4, 0.5) is 0 Å². The van der Waals surface area contributed by atoms with Crippen LogP contribution in [0.2, 0.25) is 0 Å². The standard InChI is InChI=1S/C14H19N3/c1-10-5-6-12(8-15-3)7-13(10)14-9-17(4)16-11(14)2/h5-7,9,15H,8H2,1-4H3. The Morgan fingerprint density at radius 1 is 1.24 bits per heavy atom. The summed E-state index contributed by atoms with van der Waals surface area (Å²) in [6.07, 6.45) is 2.08. The first-order valence-electron chi connectivity index (χ1n) is 5.86. The number of aromatic nitrogens is 2. The van der Waals surface area contributed by atoms with Crippen molar-refractivity contribution in [3.05, 3.63) is 41.2 Å². The summed E-state index contributed by atoms with van der Waals surface area (Å²) in [7, 11) is 3.93. The van der Waals surface area contributed by atoms with Gasteiger partial charge in [-0.3, -0.25) is 4.68 Å². The average Bonchev–Trinajstić information content (AvgIpc) is 2.61. The van der Waals surface area contributed by atoms with Crippen LogP contribution in [0.1, 0.15) is 16.8 Å². The molecule has 0 aliphatic carbocycles. The van der Waals surface area contributed by atoms with Crippen molar-refractivity contribution in [2.75, 3.05) is 7.05 Å². The predicted molar refractivity (Wildman–Crippen MR) is 70.9 cm³/mol. The first-order chi connectivity index (χ1) is 8.11. The van der Waals surface area contributed by atoms with Crippen molar-refractivity contribution in [3.63, 3.8) is 0 Å². The van der Waals surface area contributed by atoms with E-state index in [9.17, 15) is 0 Å². The average molecular weight is 229 g/mol. The zero-order valence-electron chi connectivity index (χ0n) is 10.9. The Labute approximate surface area is 102 Å². The summed E-state index contributed by atoms with van der Waals surface area (Å²) < 4.78 is 1.87. The van der Waals surface area contributed by atoms with Crippen LogP contribution in [0.15, 0.2) is 24.4 Å². The smallest absolute Gasteiger partial charge is 0.0672 e. The van der Waals surface area contributed by atoms with Gasteiger partial charge >= 0.3 is 0 Å². The van der Waals surface area contributed by atoms with Crippen LogP contribution in [0, 0.1) is 13.8 Å². The second kappa shape index (κ2) is 4.72. The normalized spacial score (nSPS) is 10.8. The molecule has 0 atom stereocenters. The SMILES string of the molecule is CNCc1ccc(C)c(-c2cn(C)nc2C)c1. The van der Waals surface area contributed by atoms with E-state index in [0.29, 0.717) is 0 Å². The van der Waals surface area contributed by atoms with E-state index in [4.69, 9.17) is 0 Å². The zero-order valence-corrected chi connectivity index (χ0v) is 10.9. The summed E-state index contributed by atoms with van der Waals surface area (Å²) in [5.41, 5.74) is 6.18. The maximum atomic E-state index is 4.41. The van der Waals surface area contributed by atoms with Gasteiger partial charge < -0.3 is 5.32 Å². The van der Waals surface area contributed by atoms with Crippen LogP contribution in [0.3, 0.4) is 0 Å². The highest BCUT2D eigenvalue weighted by molar-refractivity contribution is 5.69. The first kappa shape index (κ1) is 11.9. The Kier molecular flexibility index (Phi) is 3.29. The van der Waals surface area contributed by atoms with Crippen molar-refractivity contribution in [3.8, 4) is 11.1 Å².